The zero-order valence-electron chi connectivity index (χ0n) is 14.8. The summed E-state index contributed by atoms with van der Waals surface area (Å²) in [5.41, 5.74) is 9.43. The van der Waals surface area contributed by atoms with Crippen molar-refractivity contribution in [2.75, 3.05) is 7.11 Å². The largest absolute Gasteiger partial charge is 0.496 e. The number of nitrogens with zero attached hydrogens (tertiary/aromatic N) is 1. The van der Waals surface area contributed by atoms with E-state index in [9.17, 15) is 9.18 Å². The van der Waals surface area contributed by atoms with Crippen LogP contribution in [0.2, 0.25) is 0 Å². The van der Waals surface area contributed by atoms with E-state index in [1.54, 1.807) is 19.2 Å². The maximum Gasteiger partial charge on any atom is 0.250 e. The number of carbonyl (C=O) groups is 1. The third-order valence-electron chi connectivity index (χ3n) is 4.53. The number of aryl methyl sites for hydroxylation is 1. The highest BCUT2D eigenvalue weighted by Gasteiger charge is 2.18. The van der Waals surface area contributed by atoms with Crippen molar-refractivity contribution in [3.63, 3.8) is 0 Å². The number of rotatable bonds is 6. The first-order valence-electron chi connectivity index (χ1n) is 8.39. The van der Waals surface area contributed by atoms with Crippen LogP contribution in [-0.2, 0) is 13.0 Å². The lowest BCUT2D eigenvalue weighted by Crippen LogP contribution is -2.13. The Balaban J connectivity index is 2.04. The Kier molecular flexibility index (Phi) is 5.07. The van der Waals surface area contributed by atoms with E-state index in [4.69, 9.17) is 10.5 Å². The van der Waals surface area contributed by atoms with Crippen LogP contribution < -0.4 is 10.5 Å². The molecule has 1 heterocycles. The molecule has 4 nitrogen and oxygen atoms in total. The zero-order valence-corrected chi connectivity index (χ0v) is 14.8. The van der Waals surface area contributed by atoms with E-state index in [2.05, 4.69) is 0 Å². The molecule has 1 aromatic heterocycles. The average molecular weight is 352 g/mol. The number of amides is 1. The molecule has 0 saturated carbocycles. The van der Waals surface area contributed by atoms with Gasteiger partial charge in [0.15, 0.2) is 0 Å². The molecule has 3 aromatic rings. The second kappa shape index (κ2) is 7.44. The number of nitrogens with two attached hydrogens (primary N) is 1. The van der Waals surface area contributed by atoms with Crippen LogP contribution in [0, 0.1) is 12.7 Å². The highest BCUT2D eigenvalue weighted by Crippen LogP contribution is 2.33. The van der Waals surface area contributed by atoms with Gasteiger partial charge in [-0.1, -0.05) is 24.3 Å². The van der Waals surface area contributed by atoms with Crippen molar-refractivity contribution in [1.29, 1.82) is 0 Å². The number of hydrogen-bond acceptors (Lipinski definition) is 2. The van der Waals surface area contributed by atoms with Crippen LogP contribution >= 0.6 is 0 Å². The highest BCUT2D eigenvalue weighted by atomic mass is 19.1. The Morgan fingerprint density at radius 3 is 2.62 bits per heavy atom. The summed E-state index contributed by atoms with van der Waals surface area (Å²) >= 11 is 0. The summed E-state index contributed by atoms with van der Waals surface area (Å²) in [6, 6.07) is 16.0. The monoisotopic (exact) mass is 352 g/mol. The number of ether oxygens (including phenoxy) is 1. The first kappa shape index (κ1) is 17.7. The summed E-state index contributed by atoms with van der Waals surface area (Å²) in [7, 11) is 1.61. The molecule has 0 aliphatic carbocycles. The molecule has 26 heavy (non-hydrogen) atoms. The van der Waals surface area contributed by atoms with Gasteiger partial charge in [-0.25, -0.2) is 4.39 Å². The number of methoxy groups -OCH3 is 1. The van der Waals surface area contributed by atoms with E-state index in [-0.39, 0.29) is 5.82 Å². The first-order valence-corrected chi connectivity index (χ1v) is 8.39. The summed E-state index contributed by atoms with van der Waals surface area (Å²) in [6.45, 7) is 2.46. The SMILES string of the molecule is COc1ccccc1-c1cc(C(N)=O)c(C)n1CCc1cccc(F)c1. The van der Waals surface area contributed by atoms with Crippen molar-refractivity contribution in [1.82, 2.24) is 4.57 Å². The van der Waals surface area contributed by atoms with Crippen LogP contribution in [0.15, 0.2) is 54.6 Å². The van der Waals surface area contributed by atoms with Gasteiger partial charge in [-0.15, -0.1) is 0 Å². The molecule has 0 spiro atoms. The molecule has 0 fully saturated rings. The normalized spacial score (nSPS) is 10.7. The second-order valence-electron chi connectivity index (χ2n) is 6.12. The van der Waals surface area contributed by atoms with E-state index < -0.39 is 5.91 Å². The fourth-order valence-electron chi connectivity index (χ4n) is 3.20. The summed E-state index contributed by atoms with van der Waals surface area (Å²) in [6.07, 6.45) is 0.633. The van der Waals surface area contributed by atoms with Crippen molar-refractivity contribution in [3.8, 4) is 17.0 Å². The second-order valence-corrected chi connectivity index (χ2v) is 6.12. The summed E-state index contributed by atoms with van der Waals surface area (Å²) in [4.78, 5) is 11.8. The van der Waals surface area contributed by atoms with Gasteiger partial charge in [-0.2, -0.15) is 0 Å². The van der Waals surface area contributed by atoms with Crippen molar-refractivity contribution < 1.29 is 13.9 Å². The van der Waals surface area contributed by atoms with Gasteiger partial charge < -0.3 is 15.0 Å². The molecule has 2 aromatic carbocycles. The van der Waals surface area contributed by atoms with Gasteiger partial charge in [-0.3, -0.25) is 4.79 Å². The minimum Gasteiger partial charge on any atom is -0.496 e. The predicted octanol–water partition coefficient (Wildman–Crippen LogP) is 3.95. The van der Waals surface area contributed by atoms with E-state index in [1.807, 2.05) is 41.8 Å². The van der Waals surface area contributed by atoms with Gasteiger partial charge in [0.2, 0.25) is 0 Å². The summed E-state index contributed by atoms with van der Waals surface area (Å²) < 4.78 is 20.9. The Labute approximate surface area is 152 Å². The lowest BCUT2D eigenvalue weighted by Gasteiger charge is -2.14. The van der Waals surface area contributed by atoms with E-state index in [1.165, 1.54) is 12.1 Å². The molecular formula is C21H21FN2O2. The van der Waals surface area contributed by atoms with Crippen molar-refractivity contribution in [2.45, 2.75) is 19.9 Å². The highest BCUT2D eigenvalue weighted by molar-refractivity contribution is 5.96. The molecule has 0 aliphatic rings. The Morgan fingerprint density at radius 1 is 1.15 bits per heavy atom. The molecule has 134 valence electrons. The predicted molar refractivity (Wildman–Crippen MR) is 99.8 cm³/mol. The fraction of sp³-hybridized carbons (Fsp3) is 0.190. The maximum atomic E-state index is 13.4. The van der Waals surface area contributed by atoms with Crippen molar-refractivity contribution in [3.05, 3.63) is 77.2 Å². The Morgan fingerprint density at radius 2 is 1.92 bits per heavy atom. The van der Waals surface area contributed by atoms with Gasteiger partial charge >= 0.3 is 0 Å². The van der Waals surface area contributed by atoms with E-state index >= 15 is 0 Å². The lowest BCUT2D eigenvalue weighted by molar-refractivity contribution is 0.0999. The number of carbonyl (C=O) groups excluding carboxylic acids is 1. The molecule has 1 amide bonds. The molecule has 0 aliphatic heterocycles. The molecule has 0 radical (unpaired) electrons. The van der Waals surface area contributed by atoms with Gasteiger partial charge in [0.1, 0.15) is 11.6 Å². The average Bonchev–Trinajstić information content (AvgIpc) is 2.96. The summed E-state index contributed by atoms with van der Waals surface area (Å²) in [5.74, 6) is -0.00863. The molecule has 3 rings (SSSR count). The van der Waals surface area contributed by atoms with E-state index in [0.29, 0.717) is 24.3 Å². The van der Waals surface area contributed by atoms with Crippen molar-refractivity contribution in [2.24, 2.45) is 5.73 Å². The minimum atomic E-state index is -0.469. The topological polar surface area (TPSA) is 57.2 Å². The Bertz CT molecular complexity index is 947. The fourth-order valence-corrected chi connectivity index (χ4v) is 3.20. The third-order valence-corrected chi connectivity index (χ3v) is 4.53. The molecule has 5 heteroatoms. The van der Waals surface area contributed by atoms with Crippen LogP contribution in [0.1, 0.15) is 21.6 Å². The first-order chi connectivity index (χ1) is 12.5. The molecule has 0 saturated heterocycles. The third kappa shape index (κ3) is 3.47. The number of benzene rings is 2. The molecular weight excluding hydrogens is 331 g/mol. The molecule has 0 bridgehead atoms. The van der Waals surface area contributed by atoms with E-state index in [0.717, 1.165) is 22.5 Å². The van der Waals surface area contributed by atoms with Crippen LogP contribution in [0.25, 0.3) is 11.3 Å². The molecule has 0 unspecified atom stereocenters. The van der Waals surface area contributed by atoms with Crippen LogP contribution in [0.5, 0.6) is 5.75 Å². The zero-order chi connectivity index (χ0) is 18.7. The van der Waals surface area contributed by atoms with Gasteiger partial charge in [0.25, 0.3) is 5.91 Å². The Hall–Kier alpha value is -3.08. The van der Waals surface area contributed by atoms with Crippen LogP contribution in [0.4, 0.5) is 4.39 Å². The molecule has 0 atom stereocenters. The number of halogens is 1. The van der Waals surface area contributed by atoms with Gasteiger partial charge in [0.05, 0.1) is 18.4 Å². The van der Waals surface area contributed by atoms with Crippen LogP contribution in [-0.4, -0.2) is 17.6 Å². The quantitative estimate of drug-likeness (QED) is 0.730. The lowest BCUT2D eigenvalue weighted by atomic mass is 10.1. The number of para-hydroxylation sites is 1. The van der Waals surface area contributed by atoms with Crippen molar-refractivity contribution >= 4 is 5.91 Å². The van der Waals surface area contributed by atoms with Gasteiger partial charge in [0, 0.05) is 17.8 Å². The summed E-state index contributed by atoms with van der Waals surface area (Å²) in [5, 5.41) is 0. The molecule has 2 N–H and O–H groups in total. The van der Waals surface area contributed by atoms with Gasteiger partial charge in [-0.05, 0) is 49.2 Å². The number of aromatic nitrogens is 1. The minimum absolute atomic E-state index is 0.255. The van der Waals surface area contributed by atoms with Crippen LogP contribution in [0.3, 0.4) is 0 Å². The standard InChI is InChI=1S/C21H21FN2O2/c1-14-18(21(23)25)13-19(17-8-3-4-9-20(17)26-2)24(14)11-10-15-6-5-7-16(22)12-15/h3-9,12-13H,10-11H2,1-2H3,(H2,23,25). The smallest absolute Gasteiger partial charge is 0.250 e. The maximum absolute atomic E-state index is 13.4. The number of hydrogen-bond donors (Lipinski definition) is 1. The number of primary amides is 1.